The zero-order chi connectivity index (χ0) is 30.6. The first-order chi connectivity index (χ1) is 19.9. The SMILES string of the molecule is CCCCOC(=O)n1ccc2c(C(=O)c3nc4ccc(C#N)cc4n3COCC[Si](C)(C)C)c(OC(F)F)cc(C)c21. The van der Waals surface area contributed by atoms with E-state index in [1.165, 1.54) is 27.5 Å². The van der Waals surface area contributed by atoms with E-state index in [0.717, 1.165) is 12.5 Å². The lowest BCUT2D eigenvalue weighted by Gasteiger charge is -2.17. The maximum absolute atomic E-state index is 14.3. The van der Waals surface area contributed by atoms with Crippen molar-refractivity contribution in [1.82, 2.24) is 14.1 Å². The molecule has 42 heavy (non-hydrogen) atoms. The smallest absolute Gasteiger partial charge is 0.418 e. The number of ketones is 1. The van der Waals surface area contributed by atoms with Crippen molar-refractivity contribution >= 4 is 41.9 Å². The average Bonchev–Trinajstić information content (AvgIpc) is 3.52. The second kappa shape index (κ2) is 12.8. The van der Waals surface area contributed by atoms with Gasteiger partial charge in [0.05, 0.1) is 40.4 Å². The van der Waals surface area contributed by atoms with Gasteiger partial charge < -0.3 is 14.2 Å². The van der Waals surface area contributed by atoms with E-state index in [2.05, 4.69) is 30.7 Å². The van der Waals surface area contributed by atoms with Gasteiger partial charge in [-0.15, -0.1) is 0 Å². The fourth-order valence-electron chi connectivity index (χ4n) is 4.60. The topological polar surface area (TPSA) is 108 Å². The number of nitriles is 1. The maximum Gasteiger partial charge on any atom is 0.418 e. The third kappa shape index (κ3) is 6.69. The maximum atomic E-state index is 14.3. The minimum Gasteiger partial charge on any atom is -0.449 e. The second-order valence-corrected chi connectivity index (χ2v) is 16.8. The largest absolute Gasteiger partial charge is 0.449 e. The number of fused-ring (bicyclic) bond motifs is 2. The highest BCUT2D eigenvalue weighted by Gasteiger charge is 2.29. The Morgan fingerprint density at radius 1 is 1.14 bits per heavy atom. The molecule has 0 saturated heterocycles. The summed E-state index contributed by atoms with van der Waals surface area (Å²) in [6.07, 6.45) is 2.32. The minimum absolute atomic E-state index is 0.0399. The number of halogens is 2. The van der Waals surface area contributed by atoms with Crippen molar-refractivity contribution in [1.29, 1.82) is 5.26 Å². The van der Waals surface area contributed by atoms with Gasteiger partial charge in [-0.25, -0.2) is 9.78 Å². The Morgan fingerprint density at radius 3 is 2.57 bits per heavy atom. The molecule has 0 spiro atoms. The zero-order valence-corrected chi connectivity index (χ0v) is 25.4. The van der Waals surface area contributed by atoms with Crippen molar-refractivity contribution in [2.75, 3.05) is 13.2 Å². The Morgan fingerprint density at radius 2 is 1.90 bits per heavy atom. The van der Waals surface area contributed by atoms with E-state index >= 15 is 0 Å². The van der Waals surface area contributed by atoms with Crippen LogP contribution in [0.15, 0.2) is 36.5 Å². The summed E-state index contributed by atoms with van der Waals surface area (Å²) in [5.41, 5.74) is 1.89. The normalized spacial score (nSPS) is 11.8. The van der Waals surface area contributed by atoms with Crippen LogP contribution in [0.25, 0.3) is 21.9 Å². The van der Waals surface area contributed by atoms with E-state index in [-0.39, 0.29) is 35.9 Å². The van der Waals surface area contributed by atoms with Gasteiger partial charge in [0.1, 0.15) is 12.5 Å². The zero-order valence-electron chi connectivity index (χ0n) is 24.4. The van der Waals surface area contributed by atoms with Crippen molar-refractivity contribution in [3.05, 3.63) is 59.0 Å². The number of aromatic nitrogens is 3. The van der Waals surface area contributed by atoms with Crippen LogP contribution in [-0.2, 0) is 16.2 Å². The summed E-state index contributed by atoms with van der Waals surface area (Å²) in [4.78, 5) is 31.6. The molecular weight excluding hydrogens is 562 g/mol. The number of nitrogens with zero attached hydrogens (tertiary/aromatic N) is 4. The van der Waals surface area contributed by atoms with Crippen LogP contribution in [0.1, 0.15) is 47.1 Å². The summed E-state index contributed by atoms with van der Waals surface area (Å²) < 4.78 is 46.0. The molecule has 2 heterocycles. The summed E-state index contributed by atoms with van der Waals surface area (Å²) in [5, 5.41) is 9.70. The second-order valence-electron chi connectivity index (χ2n) is 11.2. The summed E-state index contributed by atoms with van der Waals surface area (Å²) >= 11 is 0. The quantitative estimate of drug-likeness (QED) is 0.0975. The molecule has 2 aromatic carbocycles. The van der Waals surface area contributed by atoms with Crippen molar-refractivity contribution in [2.45, 2.75) is 65.7 Å². The molecule has 0 N–H and O–H groups in total. The number of rotatable bonds is 12. The number of carbonyl (C=O) groups is 2. The standard InChI is InChI=1S/C30H34F2N4O5Si/c1-6-7-12-40-30(38)35-11-10-21-25(24(41-29(31)32)15-19(2)26(21)35)27(37)28-34-22-9-8-20(17-33)16-23(22)36(28)18-39-13-14-42(3,4)5/h8-11,15-16,29H,6-7,12-14,18H2,1-5H3. The highest BCUT2D eigenvalue weighted by molar-refractivity contribution is 6.76. The fraction of sp³-hybridized carbons (Fsp3) is 0.400. The highest BCUT2D eigenvalue weighted by Crippen LogP contribution is 2.35. The van der Waals surface area contributed by atoms with Crippen LogP contribution in [-0.4, -0.2) is 53.9 Å². The molecule has 0 bridgehead atoms. The van der Waals surface area contributed by atoms with E-state index in [1.807, 2.05) is 6.92 Å². The Hall–Kier alpha value is -4.08. The number of alkyl halides is 2. The van der Waals surface area contributed by atoms with Crippen molar-refractivity contribution in [3.8, 4) is 11.8 Å². The van der Waals surface area contributed by atoms with Gasteiger partial charge in [0, 0.05) is 26.3 Å². The Labute approximate surface area is 243 Å². The van der Waals surface area contributed by atoms with Gasteiger partial charge in [-0.1, -0.05) is 33.0 Å². The molecule has 2 aromatic heterocycles. The molecule has 0 aliphatic heterocycles. The molecule has 12 heteroatoms. The van der Waals surface area contributed by atoms with Crippen LogP contribution in [0.3, 0.4) is 0 Å². The summed E-state index contributed by atoms with van der Waals surface area (Å²) in [7, 11) is -1.40. The molecule has 0 amide bonds. The van der Waals surface area contributed by atoms with Crippen molar-refractivity contribution in [3.63, 3.8) is 0 Å². The molecule has 9 nitrogen and oxygen atoms in total. The van der Waals surface area contributed by atoms with E-state index in [0.29, 0.717) is 40.7 Å². The van der Waals surface area contributed by atoms with E-state index < -0.39 is 26.6 Å². The van der Waals surface area contributed by atoms with Crippen molar-refractivity contribution < 1.29 is 32.6 Å². The van der Waals surface area contributed by atoms with Crippen molar-refractivity contribution in [2.24, 2.45) is 0 Å². The third-order valence-electron chi connectivity index (χ3n) is 6.78. The lowest BCUT2D eigenvalue weighted by molar-refractivity contribution is -0.0500. The van der Waals surface area contributed by atoms with E-state index in [4.69, 9.17) is 14.2 Å². The van der Waals surface area contributed by atoms with E-state index in [9.17, 15) is 23.6 Å². The number of ether oxygens (including phenoxy) is 3. The average molecular weight is 597 g/mol. The molecule has 4 aromatic rings. The van der Waals surface area contributed by atoms with Gasteiger partial charge in [-0.05, 0) is 55.3 Å². The summed E-state index contributed by atoms with van der Waals surface area (Å²) in [5.74, 6) is -1.11. The molecule has 0 fully saturated rings. The number of aryl methyl sites for hydroxylation is 1. The molecule has 4 rings (SSSR count). The van der Waals surface area contributed by atoms with Gasteiger partial charge in [0.2, 0.25) is 5.78 Å². The molecule has 0 atom stereocenters. The van der Waals surface area contributed by atoms with Crippen LogP contribution in [0.4, 0.5) is 13.6 Å². The van der Waals surface area contributed by atoms with Gasteiger partial charge in [0.25, 0.3) is 0 Å². The molecule has 0 radical (unpaired) electrons. The monoisotopic (exact) mass is 596 g/mol. The number of benzene rings is 2. The van der Waals surface area contributed by atoms with Crippen LogP contribution >= 0.6 is 0 Å². The Bertz CT molecular complexity index is 1670. The highest BCUT2D eigenvalue weighted by atomic mass is 28.3. The number of unbranched alkanes of at least 4 members (excludes halogenated alkanes) is 1. The fourth-order valence-corrected chi connectivity index (χ4v) is 5.35. The lowest BCUT2D eigenvalue weighted by Crippen LogP contribution is -2.22. The number of carbonyl (C=O) groups excluding carboxylic acids is 2. The Balaban J connectivity index is 1.86. The first kappa shape index (κ1) is 30.9. The van der Waals surface area contributed by atoms with Crippen LogP contribution in [0.5, 0.6) is 5.75 Å². The summed E-state index contributed by atoms with van der Waals surface area (Å²) in [6, 6.07) is 10.6. The number of hydrogen-bond donors (Lipinski definition) is 0. The molecule has 0 aliphatic carbocycles. The molecule has 0 saturated carbocycles. The number of imidazole rings is 1. The Kier molecular flexibility index (Phi) is 9.43. The first-order valence-electron chi connectivity index (χ1n) is 13.7. The van der Waals surface area contributed by atoms with E-state index in [1.54, 1.807) is 25.1 Å². The predicted molar refractivity (Wildman–Crippen MR) is 157 cm³/mol. The number of hydrogen-bond acceptors (Lipinski definition) is 7. The lowest BCUT2D eigenvalue weighted by atomic mass is 10.0. The molecule has 222 valence electrons. The van der Waals surface area contributed by atoms with Gasteiger partial charge in [-0.2, -0.15) is 14.0 Å². The predicted octanol–water partition coefficient (Wildman–Crippen LogP) is 7.10. The first-order valence-corrected chi connectivity index (χ1v) is 17.4. The van der Waals surface area contributed by atoms with Crippen LogP contribution in [0.2, 0.25) is 25.7 Å². The van der Waals surface area contributed by atoms with Crippen LogP contribution < -0.4 is 4.74 Å². The summed E-state index contributed by atoms with van der Waals surface area (Å²) in [6.45, 7) is 7.70. The third-order valence-corrected chi connectivity index (χ3v) is 8.49. The molecular formula is C30H34F2N4O5Si. The van der Waals surface area contributed by atoms with Crippen LogP contribution in [0, 0.1) is 18.3 Å². The molecule has 0 aliphatic rings. The van der Waals surface area contributed by atoms with Gasteiger partial charge in [0.15, 0.2) is 5.82 Å². The minimum atomic E-state index is -3.20. The van der Waals surface area contributed by atoms with Gasteiger partial charge >= 0.3 is 12.7 Å². The van der Waals surface area contributed by atoms with Gasteiger partial charge in [-0.3, -0.25) is 13.9 Å². The molecule has 0 unspecified atom stereocenters.